The Labute approximate surface area is 95.8 Å². The molecule has 1 rings (SSSR count). The minimum absolute atomic E-state index is 0.583. The molecule has 0 bridgehead atoms. The van der Waals surface area contributed by atoms with Crippen molar-refractivity contribution in [1.82, 2.24) is 4.90 Å². The van der Waals surface area contributed by atoms with Crippen LogP contribution < -0.4 is 0 Å². The maximum absolute atomic E-state index is 2.41. The molecule has 0 fully saturated rings. The van der Waals surface area contributed by atoms with E-state index in [9.17, 15) is 0 Å². The third kappa shape index (κ3) is 4.27. The summed E-state index contributed by atoms with van der Waals surface area (Å²) in [6, 6.07) is 10.9. The highest BCUT2D eigenvalue weighted by atomic mass is 32.3. The molecular weight excluding hydrogens is 202 g/mol. The van der Waals surface area contributed by atoms with Crippen LogP contribution >= 0.6 is 10.0 Å². The Hall–Kier alpha value is -0.470. The fourth-order valence-corrected chi connectivity index (χ4v) is 3.63. The molecule has 0 saturated carbocycles. The van der Waals surface area contributed by atoms with E-state index in [1.54, 1.807) is 0 Å². The summed E-state index contributed by atoms with van der Waals surface area (Å²) in [5.41, 5.74) is 0. The Morgan fingerprint density at radius 1 is 1.07 bits per heavy atom. The number of hydrogen-bond donors (Lipinski definition) is 0. The smallest absolute Gasteiger partial charge is 0.00174 e. The normalized spacial score (nSPS) is 13.1. The van der Waals surface area contributed by atoms with E-state index < -0.39 is 10.0 Å². The summed E-state index contributed by atoms with van der Waals surface area (Å²) in [4.78, 5) is 3.80. The van der Waals surface area contributed by atoms with E-state index in [1.165, 1.54) is 23.6 Å². The van der Waals surface area contributed by atoms with E-state index in [2.05, 4.69) is 61.8 Å². The van der Waals surface area contributed by atoms with Gasteiger partial charge in [0.2, 0.25) is 0 Å². The van der Waals surface area contributed by atoms with Crippen molar-refractivity contribution in [3.63, 3.8) is 0 Å². The standard InChI is InChI=1S/C13H23NS/c1-14(2)11-8-12-15(3,4)13-9-6-5-7-10-13/h5-7,9-10H,8,11-12H2,1-4H3. The molecule has 0 radical (unpaired) electrons. The second-order valence-electron chi connectivity index (χ2n) is 4.71. The zero-order valence-corrected chi connectivity index (χ0v) is 11.2. The molecule has 0 aromatic heterocycles. The molecule has 0 aliphatic heterocycles. The predicted octanol–water partition coefficient (Wildman–Crippen LogP) is 3.06. The van der Waals surface area contributed by atoms with Gasteiger partial charge >= 0.3 is 0 Å². The van der Waals surface area contributed by atoms with Crippen molar-refractivity contribution in [3.05, 3.63) is 30.3 Å². The van der Waals surface area contributed by atoms with E-state index in [0.717, 1.165) is 0 Å². The van der Waals surface area contributed by atoms with Gasteiger partial charge in [0.05, 0.1) is 0 Å². The molecular formula is C13H23NS. The molecule has 1 aromatic rings. The van der Waals surface area contributed by atoms with Gasteiger partial charge in [-0.2, -0.15) is 0 Å². The van der Waals surface area contributed by atoms with Crippen molar-refractivity contribution in [1.29, 1.82) is 0 Å². The first-order valence-electron chi connectivity index (χ1n) is 5.43. The molecule has 0 unspecified atom stereocenters. The first-order valence-corrected chi connectivity index (χ1v) is 8.05. The van der Waals surface area contributed by atoms with Gasteiger partial charge in [0.1, 0.15) is 0 Å². The first-order chi connectivity index (χ1) is 7.02. The SMILES string of the molecule is CN(C)CCCS(C)(C)c1ccccc1. The van der Waals surface area contributed by atoms with Crippen LogP contribution in [0.1, 0.15) is 6.42 Å². The van der Waals surface area contributed by atoms with E-state index in [-0.39, 0.29) is 0 Å². The summed E-state index contributed by atoms with van der Waals surface area (Å²) >= 11 is 0. The van der Waals surface area contributed by atoms with E-state index in [4.69, 9.17) is 0 Å². The van der Waals surface area contributed by atoms with Gasteiger partial charge < -0.3 is 4.90 Å². The number of hydrogen-bond acceptors (Lipinski definition) is 1. The Morgan fingerprint density at radius 2 is 1.67 bits per heavy atom. The van der Waals surface area contributed by atoms with Crippen LogP contribution in [0.25, 0.3) is 0 Å². The fraction of sp³-hybridized carbons (Fsp3) is 0.538. The third-order valence-corrected chi connectivity index (χ3v) is 5.50. The zero-order valence-electron chi connectivity index (χ0n) is 10.4. The van der Waals surface area contributed by atoms with Crippen molar-refractivity contribution >= 4 is 10.0 Å². The summed E-state index contributed by atoms with van der Waals surface area (Å²) in [7, 11) is 3.70. The molecule has 86 valence electrons. The van der Waals surface area contributed by atoms with Gasteiger partial charge in [-0.15, -0.1) is 0 Å². The van der Waals surface area contributed by atoms with Gasteiger partial charge in [0.25, 0.3) is 0 Å². The summed E-state index contributed by atoms with van der Waals surface area (Å²) in [6.45, 7) is 1.20. The van der Waals surface area contributed by atoms with Gasteiger partial charge in [-0.05, 0) is 50.2 Å². The number of benzene rings is 1. The average Bonchev–Trinajstić information content (AvgIpc) is 2.18. The van der Waals surface area contributed by atoms with Crippen LogP contribution in [0.5, 0.6) is 0 Å². The van der Waals surface area contributed by atoms with Crippen molar-refractivity contribution < 1.29 is 0 Å². The lowest BCUT2D eigenvalue weighted by Gasteiger charge is -2.32. The van der Waals surface area contributed by atoms with Gasteiger partial charge in [0, 0.05) is 0 Å². The highest BCUT2D eigenvalue weighted by molar-refractivity contribution is 8.32. The highest BCUT2D eigenvalue weighted by Crippen LogP contribution is 2.49. The van der Waals surface area contributed by atoms with Gasteiger partial charge in [-0.1, -0.05) is 30.3 Å². The van der Waals surface area contributed by atoms with Gasteiger partial charge in [0.15, 0.2) is 0 Å². The number of nitrogens with zero attached hydrogens (tertiary/aromatic N) is 1. The molecule has 2 heteroatoms. The molecule has 15 heavy (non-hydrogen) atoms. The van der Waals surface area contributed by atoms with Crippen LogP contribution in [0.2, 0.25) is 0 Å². The molecule has 0 heterocycles. The minimum Gasteiger partial charge on any atom is -0.309 e. The molecule has 0 spiro atoms. The van der Waals surface area contributed by atoms with Crippen LogP contribution in [-0.4, -0.2) is 43.8 Å². The molecule has 0 aliphatic carbocycles. The van der Waals surface area contributed by atoms with Crippen LogP contribution in [0.15, 0.2) is 35.2 Å². The summed E-state index contributed by atoms with van der Waals surface area (Å²) in [5, 5.41) is 0. The first kappa shape index (κ1) is 12.6. The second kappa shape index (κ2) is 5.57. The van der Waals surface area contributed by atoms with Crippen LogP contribution in [0.4, 0.5) is 0 Å². The third-order valence-electron chi connectivity index (χ3n) is 2.64. The van der Waals surface area contributed by atoms with Crippen molar-refractivity contribution in [2.75, 3.05) is 38.9 Å². The molecule has 0 amide bonds. The second-order valence-corrected chi connectivity index (χ2v) is 8.67. The lowest BCUT2D eigenvalue weighted by atomic mass is 10.4. The maximum Gasteiger partial charge on any atom is -0.00174 e. The Bertz CT molecular complexity index is 280. The predicted molar refractivity (Wildman–Crippen MR) is 72.2 cm³/mol. The lowest BCUT2D eigenvalue weighted by Crippen LogP contribution is -2.15. The van der Waals surface area contributed by atoms with Gasteiger partial charge in [-0.25, -0.2) is 10.0 Å². The van der Waals surface area contributed by atoms with Gasteiger partial charge in [-0.3, -0.25) is 0 Å². The van der Waals surface area contributed by atoms with Crippen molar-refractivity contribution in [3.8, 4) is 0 Å². The van der Waals surface area contributed by atoms with Crippen LogP contribution in [-0.2, 0) is 0 Å². The molecule has 1 aromatic carbocycles. The maximum atomic E-state index is 2.41. The molecule has 0 N–H and O–H groups in total. The quantitative estimate of drug-likeness (QED) is 0.744. The lowest BCUT2D eigenvalue weighted by molar-refractivity contribution is 0.409. The molecule has 0 atom stereocenters. The monoisotopic (exact) mass is 225 g/mol. The van der Waals surface area contributed by atoms with Crippen LogP contribution in [0, 0.1) is 0 Å². The van der Waals surface area contributed by atoms with E-state index in [1.807, 2.05) is 0 Å². The molecule has 1 nitrogen and oxygen atoms in total. The fourth-order valence-electron chi connectivity index (χ4n) is 1.65. The zero-order chi connectivity index (χ0) is 11.3. The Morgan fingerprint density at radius 3 is 2.20 bits per heavy atom. The summed E-state index contributed by atoms with van der Waals surface area (Å²) in [6.07, 6.45) is 6.13. The largest absolute Gasteiger partial charge is 0.309 e. The Kier molecular flexibility index (Phi) is 4.68. The summed E-state index contributed by atoms with van der Waals surface area (Å²) in [5.74, 6) is 1.33. The highest BCUT2D eigenvalue weighted by Gasteiger charge is 2.13. The van der Waals surface area contributed by atoms with Crippen molar-refractivity contribution in [2.45, 2.75) is 11.3 Å². The topological polar surface area (TPSA) is 3.24 Å². The molecule has 0 saturated heterocycles. The Balaban J connectivity index is 2.52. The van der Waals surface area contributed by atoms with E-state index in [0.29, 0.717) is 0 Å². The number of rotatable bonds is 5. The average molecular weight is 225 g/mol. The molecule has 0 aliphatic rings. The van der Waals surface area contributed by atoms with E-state index >= 15 is 0 Å². The van der Waals surface area contributed by atoms with Crippen LogP contribution in [0.3, 0.4) is 0 Å². The summed E-state index contributed by atoms with van der Waals surface area (Å²) < 4.78 is 0. The van der Waals surface area contributed by atoms with Crippen molar-refractivity contribution in [2.24, 2.45) is 0 Å². The minimum atomic E-state index is -0.583.